The molecule has 6 nitrogen and oxygen atoms in total. The first-order valence-electron chi connectivity index (χ1n) is 6.09. The summed E-state index contributed by atoms with van der Waals surface area (Å²) in [5.41, 5.74) is 6.08. The highest BCUT2D eigenvalue weighted by Gasteiger charge is 2.31. The van der Waals surface area contributed by atoms with Gasteiger partial charge in [0, 0.05) is 18.0 Å². The van der Waals surface area contributed by atoms with Crippen LogP contribution in [0.15, 0.2) is 22.7 Å². The normalized spacial score (nSPS) is 14.2. The molecule has 2 aromatic rings. The van der Waals surface area contributed by atoms with Crippen molar-refractivity contribution in [3.63, 3.8) is 0 Å². The summed E-state index contributed by atoms with van der Waals surface area (Å²) in [5, 5.41) is 0. The maximum absolute atomic E-state index is 12.3. The van der Waals surface area contributed by atoms with Gasteiger partial charge in [0.15, 0.2) is 11.2 Å². The number of ketones is 1. The molecule has 0 bridgehead atoms. The predicted octanol–water partition coefficient (Wildman–Crippen LogP) is 1.55. The molecule has 0 aromatic carbocycles. The molecule has 0 radical (unpaired) electrons. The molecule has 19 heavy (non-hydrogen) atoms. The Balaban J connectivity index is 2.34. The summed E-state index contributed by atoms with van der Waals surface area (Å²) in [6.45, 7) is 3.46. The molecular formula is C13H15N3O3. The first-order chi connectivity index (χ1) is 9.04. The summed E-state index contributed by atoms with van der Waals surface area (Å²) < 4.78 is 5.37. The molecule has 1 unspecified atom stereocenters. The van der Waals surface area contributed by atoms with Crippen molar-refractivity contribution in [3.05, 3.63) is 24.2 Å². The minimum atomic E-state index is -0.555. The van der Waals surface area contributed by atoms with Gasteiger partial charge in [-0.15, -0.1) is 0 Å². The Bertz CT molecular complexity index is 587. The molecule has 2 rings (SSSR count). The SMILES string of the molecule is CC[C@H](C(=O)c1nc2ncccc2o1)C(C)C(N)=O. The summed E-state index contributed by atoms with van der Waals surface area (Å²) in [5.74, 6) is -1.92. The fraction of sp³-hybridized carbons (Fsp3) is 0.385. The Labute approximate surface area is 110 Å². The molecular weight excluding hydrogens is 246 g/mol. The maximum atomic E-state index is 12.3. The molecule has 1 amide bonds. The summed E-state index contributed by atoms with van der Waals surface area (Å²) >= 11 is 0. The molecule has 2 aromatic heterocycles. The first kappa shape index (κ1) is 13.2. The average molecular weight is 261 g/mol. The van der Waals surface area contributed by atoms with Gasteiger partial charge in [0.2, 0.25) is 11.7 Å². The number of hydrogen-bond donors (Lipinski definition) is 1. The van der Waals surface area contributed by atoms with Gasteiger partial charge in [0.25, 0.3) is 5.89 Å². The molecule has 0 spiro atoms. The van der Waals surface area contributed by atoms with Crippen LogP contribution >= 0.6 is 0 Å². The molecule has 0 fully saturated rings. The van der Waals surface area contributed by atoms with Crippen molar-refractivity contribution in [1.82, 2.24) is 9.97 Å². The van der Waals surface area contributed by atoms with Gasteiger partial charge in [-0.2, -0.15) is 4.98 Å². The van der Waals surface area contributed by atoms with E-state index in [0.717, 1.165) is 0 Å². The molecule has 2 N–H and O–H groups in total. The highest BCUT2D eigenvalue weighted by molar-refractivity contribution is 5.98. The number of amides is 1. The molecule has 2 heterocycles. The summed E-state index contributed by atoms with van der Waals surface area (Å²) in [6, 6.07) is 3.38. The molecule has 0 aliphatic heterocycles. The topological polar surface area (TPSA) is 99.1 Å². The number of aromatic nitrogens is 2. The van der Waals surface area contributed by atoms with Gasteiger partial charge in [0.1, 0.15) is 0 Å². The standard InChI is InChI=1S/C13H15N3O3/c1-3-8(7(2)11(14)18)10(17)13-16-12-9(19-13)5-4-6-15-12/h4-8H,3H2,1-2H3,(H2,14,18)/t7?,8-/m0/s1. The van der Waals surface area contributed by atoms with Crippen molar-refractivity contribution in [1.29, 1.82) is 0 Å². The van der Waals surface area contributed by atoms with Gasteiger partial charge in [-0.25, -0.2) is 4.98 Å². The van der Waals surface area contributed by atoms with E-state index in [1.165, 1.54) is 0 Å². The number of nitrogens with two attached hydrogens (primary N) is 1. The van der Waals surface area contributed by atoms with E-state index < -0.39 is 17.7 Å². The Morgan fingerprint density at radius 2 is 2.21 bits per heavy atom. The first-order valence-corrected chi connectivity index (χ1v) is 6.09. The molecule has 6 heteroatoms. The lowest BCUT2D eigenvalue weighted by Gasteiger charge is -2.16. The zero-order chi connectivity index (χ0) is 14.0. The van der Waals surface area contributed by atoms with Gasteiger partial charge in [-0.3, -0.25) is 9.59 Å². The Morgan fingerprint density at radius 1 is 1.47 bits per heavy atom. The zero-order valence-corrected chi connectivity index (χ0v) is 10.8. The lowest BCUT2D eigenvalue weighted by molar-refractivity contribution is -0.122. The third-order valence-electron chi connectivity index (χ3n) is 3.20. The van der Waals surface area contributed by atoms with Gasteiger partial charge in [0.05, 0.1) is 0 Å². The lowest BCUT2D eigenvalue weighted by atomic mass is 9.87. The zero-order valence-electron chi connectivity index (χ0n) is 10.8. The summed E-state index contributed by atoms with van der Waals surface area (Å²) in [7, 11) is 0. The molecule has 0 saturated heterocycles. The van der Waals surface area contributed by atoms with Crippen molar-refractivity contribution in [2.75, 3.05) is 0 Å². The van der Waals surface area contributed by atoms with Crippen LogP contribution in [0, 0.1) is 11.8 Å². The van der Waals surface area contributed by atoms with E-state index in [1.807, 2.05) is 6.92 Å². The van der Waals surface area contributed by atoms with Crippen molar-refractivity contribution in [2.24, 2.45) is 17.6 Å². The highest BCUT2D eigenvalue weighted by Crippen LogP contribution is 2.22. The number of fused-ring (bicyclic) bond motifs is 1. The number of carbonyl (C=O) groups excluding carboxylic acids is 2. The van der Waals surface area contributed by atoms with Crippen LogP contribution in [0.3, 0.4) is 0 Å². The third-order valence-corrected chi connectivity index (χ3v) is 3.20. The number of carbonyl (C=O) groups is 2. The molecule has 2 atom stereocenters. The fourth-order valence-electron chi connectivity index (χ4n) is 2.00. The molecule has 0 saturated carbocycles. The smallest absolute Gasteiger partial charge is 0.266 e. The van der Waals surface area contributed by atoms with E-state index in [4.69, 9.17) is 10.2 Å². The van der Waals surface area contributed by atoms with Crippen molar-refractivity contribution in [3.8, 4) is 0 Å². The van der Waals surface area contributed by atoms with E-state index in [9.17, 15) is 9.59 Å². The van der Waals surface area contributed by atoms with Crippen LogP contribution in [0.5, 0.6) is 0 Å². The number of oxazole rings is 1. The molecule has 0 aliphatic rings. The minimum absolute atomic E-state index is 0.0198. The predicted molar refractivity (Wildman–Crippen MR) is 68.3 cm³/mol. The number of pyridine rings is 1. The molecule has 0 aliphatic carbocycles. The number of rotatable bonds is 5. The Hall–Kier alpha value is -2.24. The van der Waals surface area contributed by atoms with Gasteiger partial charge < -0.3 is 10.2 Å². The van der Waals surface area contributed by atoms with Crippen LogP contribution in [0.4, 0.5) is 0 Å². The quantitative estimate of drug-likeness (QED) is 0.823. The van der Waals surface area contributed by atoms with Crippen LogP contribution in [-0.4, -0.2) is 21.7 Å². The second kappa shape index (κ2) is 5.17. The van der Waals surface area contributed by atoms with Gasteiger partial charge in [-0.05, 0) is 18.6 Å². The van der Waals surface area contributed by atoms with E-state index in [1.54, 1.807) is 25.3 Å². The van der Waals surface area contributed by atoms with Gasteiger partial charge in [-0.1, -0.05) is 13.8 Å². The third kappa shape index (κ3) is 2.47. The maximum Gasteiger partial charge on any atom is 0.266 e. The van der Waals surface area contributed by atoms with Crippen molar-refractivity contribution in [2.45, 2.75) is 20.3 Å². The number of nitrogens with zero attached hydrogens (tertiary/aromatic N) is 2. The second-order valence-electron chi connectivity index (χ2n) is 4.41. The number of primary amides is 1. The van der Waals surface area contributed by atoms with Crippen LogP contribution < -0.4 is 5.73 Å². The second-order valence-corrected chi connectivity index (χ2v) is 4.41. The minimum Gasteiger partial charge on any atom is -0.432 e. The fourth-order valence-corrected chi connectivity index (χ4v) is 2.00. The van der Waals surface area contributed by atoms with E-state index in [-0.39, 0.29) is 11.7 Å². The number of hydrogen-bond acceptors (Lipinski definition) is 5. The van der Waals surface area contributed by atoms with Crippen LogP contribution in [-0.2, 0) is 4.79 Å². The monoisotopic (exact) mass is 261 g/mol. The van der Waals surface area contributed by atoms with Crippen molar-refractivity contribution >= 4 is 22.9 Å². The Morgan fingerprint density at radius 3 is 2.79 bits per heavy atom. The van der Waals surface area contributed by atoms with Crippen LogP contribution in [0.25, 0.3) is 11.2 Å². The Kier molecular flexibility index (Phi) is 3.59. The van der Waals surface area contributed by atoms with Crippen LogP contribution in [0.2, 0.25) is 0 Å². The summed E-state index contributed by atoms with van der Waals surface area (Å²) in [4.78, 5) is 31.6. The lowest BCUT2D eigenvalue weighted by Crippen LogP contribution is -2.32. The van der Waals surface area contributed by atoms with Crippen LogP contribution in [0.1, 0.15) is 31.0 Å². The van der Waals surface area contributed by atoms with E-state index in [0.29, 0.717) is 17.7 Å². The number of Topliss-reactive ketones (excluding diaryl/α,β-unsaturated/α-hetero) is 1. The molecule has 100 valence electrons. The van der Waals surface area contributed by atoms with Gasteiger partial charge >= 0.3 is 0 Å². The van der Waals surface area contributed by atoms with E-state index in [2.05, 4.69) is 9.97 Å². The average Bonchev–Trinajstić information content (AvgIpc) is 2.82. The van der Waals surface area contributed by atoms with Crippen molar-refractivity contribution < 1.29 is 14.0 Å². The summed E-state index contributed by atoms with van der Waals surface area (Å²) in [6.07, 6.45) is 2.07. The largest absolute Gasteiger partial charge is 0.432 e. The highest BCUT2D eigenvalue weighted by atomic mass is 16.4. The van der Waals surface area contributed by atoms with E-state index >= 15 is 0 Å².